The average molecular weight is 1950 g/mol. The number of anilines is 3. The number of aliphatic hydroxyl groups excluding tert-OH is 3. The highest BCUT2D eigenvalue weighted by Crippen LogP contribution is 2.33. The minimum Gasteiger partial charge on any atom is -0.434 e. The smallest absolute Gasteiger partial charge is 0.415 e. The van der Waals surface area contributed by atoms with Crippen LogP contribution in [-0.2, 0) is 95.9 Å². The summed E-state index contributed by atoms with van der Waals surface area (Å²) in [7, 11) is 0. The Balaban J connectivity index is 0.000000219. The summed E-state index contributed by atoms with van der Waals surface area (Å²) < 4.78 is 43.5. The number of carbonyl (C=O) groups excluding carboxylic acids is 13. The molecule has 0 spiro atoms. The van der Waals surface area contributed by atoms with Crippen molar-refractivity contribution in [2.24, 2.45) is 35.0 Å². The molecule has 15 atom stereocenters. The van der Waals surface area contributed by atoms with Gasteiger partial charge < -0.3 is 61.4 Å². The fourth-order valence-corrected chi connectivity index (χ4v) is 18.0. The molecule has 142 heavy (non-hydrogen) atoms. The molecule has 3 unspecified atom stereocenters. The minimum atomic E-state index is -1.27. The Labute approximate surface area is 829 Å². The summed E-state index contributed by atoms with van der Waals surface area (Å²) in [6.07, 6.45) is -5.60. The van der Waals surface area contributed by atoms with E-state index in [0.29, 0.717) is 49.0 Å². The van der Waals surface area contributed by atoms with Crippen molar-refractivity contribution in [2.75, 3.05) is 34.3 Å². The Bertz CT molecular complexity index is 5750. The lowest BCUT2D eigenvalue weighted by molar-refractivity contribution is -0.130. The maximum atomic E-state index is 13.8. The number of nitrogens with one attached hydrogen (secondary N) is 6. The van der Waals surface area contributed by atoms with Crippen LogP contribution in [0.2, 0.25) is 0 Å². The van der Waals surface area contributed by atoms with Crippen molar-refractivity contribution >= 4 is 93.9 Å². The lowest BCUT2D eigenvalue weighted by Gasteiger charge is -2.32. The first kappa shape index (κ1) is 110. The Morgan fingerprint density at radius 3 is 0.944 bits per heavy atom. The summed E-state index contributed by atoms with van der Waals surface area (Å²) in [6, 6.07) is 69.7. The largest absolute Gasteiger partial charge is 0.434 e. The van der Waals surface area contributed by atoms with Gasteiger partial charge in [0.05, 0.1) is 79.9 Å². The van der Waals surface area contributed by atoms with Crippen molar-refractivity contribution in [3.63, 3.8) is 0 Å². The standard InChI is InChI=1S/C39H47N3O7.C37H45N3O6.C36H41F2N3O6/c1-25(43)30-17-12-18-31(23-30)42-24-35(49-38(42)48)37(47)41-32(20-28-15-10-7-11-16-28)33(45)21-29(19-27-13-8-6-9-14-27)22-34(46)36(39(3,4)5)40-26(2)44;1-24(2)35(38-26(4)41)33(43)22-29(19-27-13-7-5-8-14-27)21-32(42)31(20-28-15-9-6-10-16-28)39-36(44)34-23-40(37(45)46-34)30-17-11-12-25(3)18-30;1-22(2)34(39-23(3)42)32(44)19-26(16-24-10-6-4-7-11-24)18-31(43)30(17-25-12-8-5-9-13-25)40-35(45)33-21-41(36(46)47-33)27-14-15-28(37)29(38)20-27/h6-18,23,29,32-33,35-36,45H,19-22,24H2,1-5H3,(H,40,44)(H,41,47);5-18,24,29,31-32,34-35,42H,19-23H2,1-4H3,(H,38,41)(H,39,44);4-15,20,22,26,30-31,33-34,43H,16-19,21H2,1-3H3,(H,39,42)(H,40,45)/t29-,32-,33-,35?,36+;29-,31-,32-,34?,35-;26-,30-,31-,33?,34-/m000/s1. The van der Waals surface area contributed by atoms with E-state index in [1.54, 1.807) is 30.3 Å². The molecule has 0 aliphatic carbocycles. The van der Waals surface area contributed by atoms with Crippen molar-refractivity contribution in [3.8, 4) is 0 Å². The predicted octanol–water partition coefficient (Wildman–Crippen LogP) is 14.6. The number of rotatable bonds is 45. The van der Waals surface area contributed by atoms with Crippen LogP contribution < -0.4 is 46.6 Å². The van der Waals surface area contributed by atoms with Crippen LogP contribution in [0.15, 0.2) is 249 Å². The molecular formula is C112H133F2N9O19. The van der Waals surface area contributed by atoms with Crippen LogP contribution in [0.4, 0.5) is 40.2 Å². The van der Waals surface area contributed by atoms with Gasteiger partial charge in [0, 0.05) is 63.0 Å². The minimum absolute atomic E-state index is 0.0393. The van der Waals surface area contributed by atoms with Crippen molar-refractivity contribution < 1.29 is 101 Å². The SMILES string of the molecule is CC(=O)N[C@H](C(=O)C[C@@H](Cc1ccccc1)C[C@H](O)[C@H](Cc1ccccc1)NC(=O)C1CN(c2ccc(F)c(F)c2)C(=O)O1)C(C)C.CC(=O)N[C@H](C(=O)C[C@@H](Cc1ccccc1)C[C@H](O)[C@H](Cc1ccccc1)NC(=O)C1CN(c2cccc(C(C)=O)c2)C(=O)O1)C(C)(C)C.CC(=O)N[C@H](C(=O)C[C@@H](Cc1ccccc1)C[C@H](O)[C@H](Cc1ccccc1)NC(=O)C1CN(c2cccc(C)c2)C(=O)O1)C(C)C. The molecule has 3 saturated heterocycles. The zero-order valence-corrected chi connectivity index (χ0v) is 82.6. The third-order valence-electron chi connectivity index (χ3n) is 25.3. The molecule has 3 fully saturated rings. The topological polar surface area (TPSA) is 392 Å². The maximum absolute atomic E-state index is 13.8. The summed E-state index contributed by atoms with van der Waals surface area (Å²) in [6.45, 7) is 20.4. The van der Waals surface area contributed by atoms with Gasteiger partial charge in [0.25, 0.3) is 17.7 Å². The number of nitrogens with zero attached hydrogens (tertiary/aromatic N) is 3. The van der Waals surface area contributed by atoms with Gasteiger partial charge in [-0.1, -0.05) is 255 Å². The summed E-state index contributed by atoms with van der Waals surface area (Å²) in [5.74, 6) is -6.51. The Hall–Kier alpha value is -14.0. The highest BCUT2D eigenvalue weighted by Gasteiger charge is 2.44. The molecule has 0 radical (unpaired) electrons. The van der Waals surface area contributed by atoms with Crippen LogP contribution in [0.25, 0.3) is 0 Å². The molecule has 9 N–H and O–H groups in total. The highest BCUT2D eigenvalue weighted by molar-refractivity contribution is 6.00. The van der Waals surface area contributed by atoms with Crippen LogP contribution >= 0.6 is 0 Å². The van der Waals surface area contributed by atoms with Crippen molar-refractivity contribution in [2.45, 2.75) is 233 Å². The van der Waals surface area contributed by atoms with Gasteiger partial charge in [0.2, 0.25) is 17.7 Å². The molecule has 28 nitrogen and oxygen atoms in total. The molecule has 3 aliphatic rings. The number of Topliss-reactive ketones (excluding diaryl/α,β-unsaturated/α-hetero) is 4. The second kappa shape index (κ2) is 53.0. The first-order valence-electron chi connectivity index (χ1n) is 48.3. The summed E-state index contributed by atoms with van der Waals surface area (Å²) in [5, 5.41) is 52.2. The molecule has 9 aromatic carbocycles. The number of aryl methyl sites for hydroxylation is 1. The number of aliphatic hydroxyl groups is 3. The quantitative estimate of drug-likeness (QED) is 0.0126. The van der Waals surface area contributed by atoms with Gasteiger partial charge in [-0.05, 0) is 182 Å². The molecule has 3 aliphatic heterocycles. The van der Waals surface area contributed by atoms with E-state index in [2.05, 4.69) is 31.9 Å². The summed E-state index contributed by atoms with van der Waals surface area (Å²) >= 11 is 0. The van der Waals surface area contributed by atoms with Crippen molar-refractivity contribution in [1.82, 2.24) is 31.9 Å². The number of benzene rings is 9. The average Bonchev–Trinajstić information content (AvgIpc) is 1.66. The lowest BCUT2D eigenvalue weighted by Crippen LogP contribution is -2.50. The third-order valence-corrected chi connectivity index (χ3v) is 25.3. The number of ketones is 4. The van der Waals surface area contributed by atoms with Gasteiger partial charge in [-0.25, -0.2) is 23.2 Å². The van der Waals surface area contributed by atoms with Gasteiger partial charge in [-0.2, -0.15) is 0 Å². The van der Waals surface area contributed by atoms with E-state index >= 15 is 0 Å². The normalized spacial score (nSPS) is 17.0. The maximum Gasteiger partial charge on any atom is 0.415 e. The molecule has 12 rings (SSSR count). The van der Waals surface area contributed by atoms with E-state index in [4.69, 9.17) is 14.2 Å². The fourth-order valence-electron chi connectivity index (χ4n) is 18.0. The van der Waals surface area contributed by atoms with E-state index in [0.717, 1.165) is 56.0 Å². The summed E-state index contributed by atoms with van der Waals surface area (Å²) in [5.41, 5.74) is 7.62. The van der Waals surface area contributed by atoms with Gasteiger partial charge in [0.15, 0.2) is 53.1 Å². The van der Waals surface area contributed by atoms with E-state index in [1.165, 1.54) is 43.6 Å². The zero-order valence-electron chi connectivity index (χ0n) is 82.6. The highest BCUT2D eigenvalue weighted by atomic mass is 19.2. The van der Waals surface area contributed by atoms with Gasteiger partial charge in [-0.15, -0.1) is 0 Å². The van der Waals surface area contributed by atoms with Crippen molar-refractivity contribution in [3.05, 3.63) is 305 Å². The second-order valence-electron chi connectivity index (χ2n) is 38.8. The molecule has 754 valence electrons. The van der Waals surface area contributed by atoms with Crippen LogP contribution in [0.1, 0.15) is 164 Å². The Morgan fingerprint density at radius 1 is 0.359 bits per heavy atom. The van der Waals surface area contributed by atoms with Crippen LogP contribution in [0, 0.1) is 53.6 Å². The molecule has 9 aromatic rings. The molecule has 30 heteroatoms. The fraction of sp³-hybridized carbons (Fsp3) is 0.402. The van der Waals surface area contributed by atoms with Crippen LogP contribution in [-0.4, -0.2) is 185 Å². The second-order valence-corrected chi connectivity index (χ2v) is 38.8. The molecule has 0 bridgehead atoms. The van der Waals surface area contributed by atoms with E-state index in [9.17, 15) is 86.4 Å². The molecular weight excluding hydrogens is 1810 g/mol. The van der Waals surface area contributed by atoms with Gasteiger partial charge in [-0.3, -0.25) is 62.6 Å². The van der Waals surface area contributed by atoms with E-state index in [1.807, 2.05) is 256 Å². The Kier molecular flexibility index (Phi) is 41.1. The molecule has 9 amide bonds. The lowest BCUT2D eigenvalue weighted by atomic mass is 9.79. The first-order valence-corrected chi connectivity index (χ1v) is 48.3. The van der Waals surface area contributed by atoms with Crippen LogP contribution in [0.3, 0.4) is 0 Å². The number of amides is 9. The molecule has 0 aromatic heterocycles. The van der Waals surface area contributed by atoms with Gasteiger partial charge >= 0.3 is 18.3 Å². The first-order chi connectivity index (χ1) is 67.6. The zero-order chi connectivity index (χ0) is 103. The van der Waals surface area contributed by atoms with E-state index < -0.39 is 126 Å². The number of cyclic esters (lactones) is 3. The number of hydrogen-bond donors (Lipinski definition) is 9. The summed E-state index contributed by atoms with van der Waals surface area (Å²) in [4.78, 5) is 171. The van der Waals surface area contributed by atoms with Crippen molar-refractivity contribution in [1.29, 1.82) is 0 Å². The number of carbonyl (C=O) groups is 13. The van der Waals surface area contributed by atoms with Crippen LogP contribution in [0.5, 0.6) is 0 Å². The predicted molar refractivity (Wildman–Crippen MR) is 537 cm³/mol. The molecule has 0 saturated carbocycles. The Morgan fingerprint density at radius 2 is 0.655 bits per heavy atom. The molecule has 3 heterocycles. The number of halogens is 2. The van der Waals surface area contributed by atoms with E-state index in [-0.39, 0.29) is 141 Å². The van der Waals surface area contributed by atoms with Gasteiger partial charge in [0.1, 0.15) is 0 Å². The third kappa shape index (κ3) is 33.9. The number of ether oxygens (including phenoxy) is 3. The number of hydrogen-bond acceptors (Lipinski definition) is 19. The monoisotopic (exact) mass is 1950 g/mol.